The van der Waals surface area contributed by atoms with E-state index in [-0.39, 0.29) is 0 Å². The van der Waals surface area contributed by atoms with Gasteiger partial charge in [0.15, 0.2) is 0 Å². The molecule has 0 N–H and O–H groups in total. The van der Waals surface area contributed by atoms with Crippen molar-refractivity contribution < 1.29 is 0 Å². The van der Waals surface area contributed by atoms with Crippen LogP contribution in [-0.2, 0) is 0 Å². The van der Waals surface area contributed by atoms with E-state index in [0.29, 0.717) is 10.5 Å². The van der Waals surface area contributed by atoms with Crippen molar-refractivity contribution in [1.82, 2.24) is 0 Å². The maximum absolute atomic E-state index is 2.45. The van der Waals surface area contributed by atoms with E-state index in [2.05, 4.69) is 61.7 Å². The van der Waals surface area contributed by atoms with Gasteiger partial charge in [-0.1, -0.05) is 128 Å². The normalized spacial score (nSPS) is 18.8. The maximum Gasteiger partial charge on any atom is 0.0408 e. The van der Waals surface area contributed by atoms with Gasteiger partial charge in [-0.3, -0.25) is 0 Å². The molecule has 0 heterocycles. The molecule has 0 saturated heterocycles. The van der Waals surface area contributed by atoms with Gasteiger partial charge in [0, 0.05) is 10.5 Å². The third-order valence-electron chi connectivity index (χ3n) is 5.60. The molecule has 0 spiro atoms. The van der Waals surface area contributed by atoms with Gasteiger partial charge in [0.1, 0.15) is 0 Å². The average molecular weight is 425 g/mol. The van der Waals surface area contributed by atoms with E-state index in [0.717, 1.165) is 0 Å². The molecular weight excluding hydrogens is 376 g/mol. The van der Waals surface area contributed by atoms with Gasteiger partial charge in [0.25, 0.3) is 0 Å². The van der Waals surface area contributed by atoms with Gasteiger partial charge < -0.3 is 0 Å². The molecule has 0 fully saturated rings. The Bertz CT molecular complexity index is 327. The Balaban J connectivity index is 1.88. The second kappa shape index (κ2) is 20.5. The molecule has 0 amide bonds. The molecule has 1 aliphatic rings. The maximum atomic E-state index is 2.45. The molecule has 0 saturated carbocycles. The fourth-order valence-corrected chi connectivity index (χ4v) is 5.79. The molecule has 0 bridgehead atoms. The first-order valence-electron chi connectivity index (χ1n) is 12.5. The highest BCUT2D eigenvalue weighted by Crippen LogP contribution is 2.25. The quantitative estimate of drug-likeness (QED) is 0.141. The van der Waals surface area contributed by atoms with Crippen LogP contribution in [-0.4, -0.2) is 22.0 Å². The molecule has 0 aliphatic heterocycles. The van der Waals surface area contributed by atoms with Crippen molar-refractivity contribution in [3.63, 3.8) is 0 Å². The van der Waals surface area contributed by atoms with Crippen LogP contribution >= 0.6 is 23.5 Å². The lowest BCUT2D eigenvalue weighted by Gasteiger charge is -2.16. The van der Waals surface area contributed by atoms with Crippen LogP contribution in [0.15, 0.2) is 24.3 Å². The Morgan fingerprint density at radius 1 is 0.429 bits per heavy atom. The molecule has 1 aliphatic carbocycles. The van der Waals surface area contributed by atoms with E-state index >= 15 is 0 Å². The smallest absolute Gasteiger partial charge is 0.0408 e. The first-order chi connectivity index (χ1) is 13.9. The van der Waals surface area contributed by atoms with Gasteiger partial charge in [-0.25, -0.2) is 0 Å². The lowest BCUT2D eigenvalue weighted by molar-refractivity contribution is 0.586. The lowest BCUT2D eigenvalue weighted by Crippen LogP contribution is -2.06. The van der Waals surface area contributed by atoms with E-state index in [9.17, 15) is 0 Å². The summed E-state index contributed by atoms with van der Waals surface area (Å²) in [6.07, 6.45) is 32.6. The Kier molecular flexibility index (Phi) is 19.1. The SMILES string of the molecule is CCCCCCCCCCSC1C=CC(SCCCCCCCCCC)C=C1. The molecule has 0 aromatic carbocycles. The van der Waals surface area contributed by atoms with Crippen LogP contribution in [0.1, 0.15) is 117 Å². The van der Waals surface area contributed by atoms with Crippen molar-refractivity contribution in [1.29, 1.82) is 0 Å². The number of rotatable bonds is 20. The summed E-state index contributed by atoms with van der Waals surface area (Å²) in [6.45, 7) is 4.59. The van der Waals surface area contributed by atoms with E-state index in [1.54, 1.807) is 0 Å². The first kappa shape index (κ1) is 26.2. The van der Waals surface area contributed by atoms with Crippen molar-refractivity contribution in [3.05, 3.63) is 24.3 Å². The fraction of sp³-hybridized carbons (Fsp3) is 0.846. The van der Waals surface area contributed by atoms with Gasteiger partial charge >= 0.3 is 0 Å². The number of thioether (sulfide) groups is 2. The molecular formula is C26H48S2. The van der Waals surface area contributed by atoms with Gasteiger partial charge in [0.2, 0.25) is 0 Å². The summed E-state index contributed by atoms with van der Waals surface area (Å²) in [5.74, 6) is 2.65. The Labute approximate surface area is 186 Å². The van der Waals surface area contributed by atoms with Crippen molar-refractivity contribution >= 4 is 23.5 Å². The summed E-state index contributed by atoms with van der Waals surface area (Å²) in [5.41, 5.74) is 0. The minimum atomic E-state index is 0.629. The van der Waals surface area contributed by atoms with E-state index in [1.165, 1.54) is 114 Å². The number of hydrogen-bond donors (Lipinski definition) is 0. The summed E-state index contributed by atoms with van der Waals surface area (Å²) < 4.78 is 0. The highest BCUT2D eigenvalue weighted by Gasteiger charge is 2.10. The van der Waals surface area contributed by atoms with Gasteiger partial charge in [-0.15, -0.1) is 0 Å². The highest BCUT2D eigenvalue weighted by molar-refractivity contribution is 8.00. The Hall–Kier alpha value is 0.180. The van der Waals surface area contributed by atoms with Crippen LogP contribution in [0.4, 0.5) is 0 Å². The largest absolute Gasteiger partial charge is 0.150 e. The first-order valence-corrected chi connectivity index (χ1v) is 14.6. The van der Waals surface area contributed by atoms with Crippen molar-refractivity contribution in [2.24, 2.45) is 0 Å². The van der Waals surface area contributed by atoms with E-state index < -0.39 is 0 Å². The predicted molar refractivity (Wildman–Crippen MR) is 136 cm³/mol. The van der Waals surface area contributed by atoms with Crippen LogP contribution in [0.25, 0.3) is 0 Å². The molecule has 2 heteroatoms. The minimum Gasteiger partial charge on any atom is -0.150 e. The summed E-state index contributed by atoms with van der Waals surface area (Å²) in [7, 11) is 0. The second-order valence-electron chi connectivity index (χ2n) is 8.39. The summed E-state index contributed by atoms with van der Waals surface area (Å²) in [4.78, 5) is 0. The van der Waals surface area contributed by atoms with Crippen molar-refractivity contribution in [2.45, 2.75) is 127 Å². The van der Waals surface area contributed by atoms with Gasteiger partial charge in [-0.05, 0) is 24.3 Å². The average Bonchev–Trinajstić information content (AvgIpc) is 2.72. The Morgan fingerprint density at radius 2 is 0.714 bits per heavy atom. The molecule has 0 atom stereocenters. The van der Waals surface area contributed by atoms with Crippen molar-refractivity contribution in [2.75, 3.05) is 11.5 Å². The lowest BCUT2D eigenvalue weighted by atomic mass is 10.1. The standard InChI is InChI=1S/C26H48S2/c1-3-5-7-9-11-13-15-17-23-27-25-19-21-26(22-20-25)28-24-18-16-14-12-10-8-6-4-2/h19-22,25-26H,3-18,23-24H2,1-2H3. The van der Waals surface area contributed by atoms with Crippen molar-refractivity contribution in [3.8, 4) is 0 Å². The minimum absolute atomic E-state index is 0.629. The molecule has 0 unspecified atom stereocenters. The zero-order valence-electron chi connectivity index (χ0n) is 19.0. The van der Waals surface area contributed by atoms with Crippen LogP contribution in [0, 0.1) is 0 Å². The highest BCUT2D eigenvalue weighted by atomic mass is 32.2. The predicted octanol–water partition coefficient (Wildman–Crippen LogP) is 9.60. The molecule has 164 valence electrons. The van der Waals surface area contributed by atoms with E-state index in [1.807, 2.05) is 0 Å². The molecule has 0 nitrogen and oxygen atoms in total. The van der Waals surface area contributed by atoms with Gasteiger partial charge in [-0.2, -0.15) is 23.5 Å². The monoisotopic (exact) mass is 424 g/mol. The van der Waals surface area contributed by atoms with E-state index in [4.69, 9.17) is 0 Å². The zero-order valence-corrected chi connectivity index (χ0v) is 20.6. The molecule has 1 rings (SSSR count). The van der Waals surface area contributed by atoms with Crippen LogP contribution in [0.2, 0.25) is 0 Å². The third-order valence-corrected chi connectivity index (χ3v) is 8.04. The summed E-state index contributed by atoms with van der Waals surface area (Å²) >= 11 is 4.26. The fourth-order valence-electron chi connectivity index (χ4n) is 3.70. The topological polar surface area (TPSA) is 0 Å². The van der Waals surface area contributed by atoms with Crippen LogP contribution in [0.3, 0.4) is 0 Å². The molecule has 28 heavy (non-hydrogen) atoms. The number of hydrogen-bond acceptors (Lipinski definition) is 2. The van der Waals surface area contributed by atoms with Crippen LogP contribution < -0.4 is 0 Å². The molecule has 0 radical (unpaired) electrons. The molecule has 0 aromatic heterocycles. The molecule has 0 aromatic rings. The number of unbranched alkanes of at least 4 members (excludes halogenated alkanes) is 14. The summed E-state index contributed by atoms with van der Waals surface area (Å²) in [5, 5.41) is 1.26. The summed E-state index contributed by atoms with van der Waals surface area (Å²) in [6, 6.07) is 0. The zero-order chi connectivity index (χ0) is 20.1. The third kappa shape index (κ3) is 16.0. The van der Waals surface area contributed by atoms with Gasteiger partial charge in [0.05, 0.1) is 0 Å². The Morgan fingerprint density at radius 3 is 1.04 bits per heavy atom. The second-order valence-corrected chi connectivity index (χ2v) is 11.0. The van der Waals surface area contributed by atoms with Crippen LogP contribution in [0.5, 0.6) is 0 Å².